The van der Waals surface area contributed by atoms with Crippen molar-refractivity contribution in [2.45, 2.75) is 0 Å². The van der Waals surface area contributed by atoms with Crippen molar-refractivity contribution in [3.05, 3.63) is 66.1 Å². The van der Waals surface area contributed by atoms with Gasteiger partial charge in [0.25, 0.3) is 5.91 Å². The zero-order valence-electron chi connectivity index (χ0n) is 11.0. The Hall–Kier alpha value is -2.95. The Bertz CT molecular complexity index is 827. The number of pyridine rings is 1. The Kier molecular flexibility index (Phi) is 3.23. The molecule has 104 valence electrons. The third-order valence-electron chi connectivity index (χ3n) is 3.16. The maximum Gasteiger partial charge on any atom is 0.255 e. The molecule has 3 rings (SSSR count). The predicted octanol–water partition coefficient (Wildman–Crippen LogP) is 3.21. The molecule has 21 heavy (non-hydrogen) atoms. The fraction of sp³-hybridized carbons (Fsp3) is 0. The summed E-state index contributed by atoms with van der Waals surface area (Å²) in [5.41, 5.74) is 7.03. The van der Waals surface area contributed by atoms with Gasteiger partial charge < -0.3 is 11.1 Å². The first-order chi connectivity index (χ1) is 10.1. The van der Waals surface area contributed by atoms with Crippen molar-refractivity contribution in [2.75, 3.05) is 11.1 Å². The summed E-state index contributed by atoms with van der Waals surface area (Å²) in [7, 11) is 0. The van der Waals surface area contributed by atoms with Crippen LogP contribution in [0, 0.1) is 5.82 Å². The van der Waals surface area contributed by atoms with Crippen LogP contribution in [0.15, 0.2) is 54.7 Å². The lowest BCUT2D eigenvalue weighted by Gasteiger charge is -2.08. The summed E-state index contributed by atoms with van der Waals surface area (Å²) in [5, 5.41) is 3.58. The summed E-state index contributed by atoms with van der Waals surface area (Å²) in [4.78, 5) is 16.4. The molecule has 5 heteroatoms. The fourth-order valence-corrected chi connectivity index (χ4v) is 2.08. The third kappa shape index (κ3) is 2.53. The van der Waals surface area contributed by atoms with Crippen molar-refractivity contribution >= 4 is 28.2 Å². The minimum atomic E-state index is -0.609. The predicted molar refractivity (Wildman–Crippen MR) is 80.5 cm³/mol. The molecule has 1 aromatic heterocycles. The quantitative estimate of drug-likeness (QED) is 0.709. The van der Waals surface area contributed by atoms with E-state index in [0.717, 1.165) is 17.0 Å². The van der Waals surface area contributed by atoms with Gasteiger partial charge in [0, 0.05) is 17.1 Å². The van der Waals surface area contributed by atoms with Gasteiger partial charge in [-0.05, 0) is 42.5 Å². The maximum absolute atomic E-state index is 13.4. The van der Waals surface area contributed by atoms with Crippen LogP contribution in [0.2, 0.25) is 0 Å². The van der Waals surface area contributed by atoms with Crippen LogP contribution in [0.1, 0.15) is 10.4 Å². The second kappa shape index (κ2) is 5.20. The maximum atomic E-state index is 13.4. The third-order valence-corrected chi connectivity index (χ3v) is 3.16. The first-order valence-corrected chi connectivity index (χ1v) is 6.35. The number of nitrogens with zero attached hydrogens (tertiary/aromatic N) is 1. The van der Waals surface area contributed by atoms with Crippen molar-refractivity contribution in [1.29, 1.82) is 0 Å². The van der Waals surface area contributed by atoms with Gasteiger partial charge >= 0.3 is 0 Å². The molecule has 0 saturated heterocycles. The van der Waals surface area contributed by atoms with Crippen LogP contribution < -0.4 is 11.1 Å². The molecule has 3 N–H and O–H groups in total. The van der Waals surface area contributed by atoms with E-state index in [0.29, 0.717) is 5.69 Å². The van der Waals surface area contributed by atoms with Crippen LogP contribution in [0.25, 0.3) is 10.9 Å². The summed E-state index contributed by atoms with van der Waals surface area (Å²) in [6.45, 7) is 0. The van der Waals surface area contributed by atoms with Crippen LogP contribution in [0.4, 0.5) is 15.8 Å². The van der Waals surface area contributed by atoms with Crippen molar-refractivity contribution < 1.29 is 9.18 Å². The Morgan fingerprint density at radius 3 is 2.81 bits per heavy atom. The second-order valence-corrected chi connectivity index (χ2v) is 4.57. The first-order valence-electron chi connectivity index (χ1n) is 6.35. The van der Waals surface area contributed by atoms with Gasteiger partial charge in [0.1, 0.15) is 5.82 Å². The smallest absolute Gasteiger partial charge is 0.255 e. The van der Waals surface area contributed by atoms with E-state index in [-0.39, 0.29) is 11.3 Å². The van der Waals surface area contributed by atoms with E-state index in [9.17, 15) is 9.18 Å². The van der Waals surface area contributed by atoms with Gasteiger partial charge in [-0.2, -0.15) is 0 Å². The van der Waals surface area contributed by atoms with Gasteiger partial charge in [0.05, 0.1) is 16.9 Å². The molecule has 4 nitrogen and oxygen atoms in total. The number of hydrogen-bond donors (Lipinski definition) is 2. The zero-order valence-corrected chi connectivity index (χ0v) is 11.0. The fourth-order valence-electron chi connectivity index (χ4n) is 2.08. The number of fused-ring (bicyclic) bond motifs is 1. The lowest BCUT2D eigenvalue weighted by molar-refractivity contribution is 0.102. The largest absolute Gasteiger partial charge is 0.396 e. The van der Waals surface area contributed by atoms with E-state index in [1.165, 1.54) is 12.1 Å². The van der Waals surface area contributed by atoms with Crippen LogP contribution in [-0.2, 0) is 0 Å². The minimum Gasteiger partial charge on any atom is -0.396 e. The molecule has 0 aliphatic rings. The Morgan fingerprint density at radius 2 is 2.00 bits per heavy atom. The lowest BCUT2D eigenvalue weighted by atomic mass is 10.1. The molecule has 0 bridgehead atoms. The van der Waals surface area contributed by atoms with Gasteiger partial charge in [-0.25, -0.2) is 4.39 Å². The van der Waals surface area contributed by atoms with E-state index in [1.807, 2.05) is 12.1 Å². The molecule has 0 aliphatic heterocycles. The monoisotopic (exact) mass is 281 g/mol. The molecule has 0 aliphatic carbocycles. The molecule has 0 saturated carbocycles. The van der Waals surface area contributed by atoms with E-state index in [2.05, 4.69) is 10.3 Å². The molecule has 0 radical (unpaired) electrons. The highest BCUT2D eigenvalue weighted by atomic mass is 19.1. The summed E-state index contributed by atoms with van der Waals surface area (Å²) < 4.78 is 13.4. The molecule has 3 aromatic rings. The number of nitrogens with one attached hydrogen (secondary N) is 1. The molecule has 1 amide bonds. The number of nitrogen functional groups attached to an aromatic ring is 1. The number of hydrogen-bond acceptors (Lipinski definition) is 3. The van der Waals surface area contributed by atoms with E-state index >= 15 is 0 Å². The van der Waals surface area contributed by atoms with Gasteiger partial charge in [-0.1, -0.05) is 6.07 Å². The van der Waals surface area contributed by atoms with E-state index in [4.69, 9.17) is 5.73 Å². The second-order valence-electron chi connectivity index (χ2n) is 4.57. The highest BCUT2D eigenvalue weighted by Gasteiger charge is 2.10. The highest BCUT2D eigenvalue weighted by Crippen LogP contribution is 2.22. The molecule has 0 fully saturated rings. The Labute approximate surface area is 120 Å². The van der Waals surface area contributed by atoms with Crippen LogP contribution >= 0.6 is 0 Å². The number of amides is 1. The normalized spacial score (nSPS) is 10.5. The van der Waals surface area contributed by atoms with Gasteiger partial charge in [0.2, 0.25) is 0 Å². The van der Waals surface area contributed by atoms with Crippen molar-refractivity contribution in [3.63, 3.8) is 0 Å². The van der Waals surface area contributed by atoms with Crippen LogP contribution in [0.3, 0.4) is 0 Å². The SMILES string of the molecule is Nc1ccc(C(=O)Nc2cccc3ncccc23)cc1F. The molecule has 0 unspecified atom stereocenters. The summed E-state index contributed by atoms with van der Waals surface area (Å²) in [6.07, 6.45) is 1.68. The van der Waals surface area contributed by atoms with Gasteiger partial charge in [-0.3, -0.25) is 9.78 Å². The number of halogens is 1. The van der Waals surface area contributed by atoms with Crippen LogP contribution in [0.5, 0.6) is 0 Å². The summed E-state index contributed by atoms with van der Waals surface area (Å²) in [5.74, 6) is -1.01. The van der Waals surface area contributed by atoms with Gasteiger partial charge in [0.15, 0.2) is 0 Å². The average Bonchev–Trinajstić information content (AvgIpc) is 2.50. The summed E-state index contributed by atoms with van der Waals surface area (Å²) in [6, 6.07) is 13.1. The van der Waals surface area contributed by atoms with Crippen molar-refractivity contribution in [2.24, 2.45) is 0 Å². The number of anilines is 2. The minimum absolute atomic E-state index is 0.0147. The number of aromatic nitrogens is 1. The standard InChI is InChI=1S/C16H12FN3O/c17-12-9-10(6-7-13(12)18)16(21)20-15-5-1-4-14-11(15)3-2-8-19-14/h1-9H,18H2,(H,20,21). The Morgan fingerprint density at radius 1 is 1.14 bits per heavy atom. The molecule has 1 heterocycles. The number of rotatable bonds is 2. The molecule has 2 aromatic carbocycles. The average molecular weight is 281 g/mol. The summed E-state index contributed by atoms with van der Waals surface area (Å²) >= 11 is 0. The number of benzene rings is 2. The van der Waals surface area contributed by atoms with E-state index < -0.39 is 11.7 Å². The lowest BCUT2D eigenvalue weighted by Crippen LogP contribution is -2.12. The van der Waals surface area contributed by atoms with Crippen molar-refractivity contribution in [1.82, 2.24) is 4.98 Å². The number of nitrogens with two attached hydrogens (primary N) is 1. The molecule has 0 spiro atoms. The van der Waals surface area contributed by atoms with Crippen molar-refractivity contribution in [3.8, 4) is 0 Å². The molecular weight excluding hydrogens is 269 g/mol. The number of carbonyl (C=O) groups excluding carboxylic acids is 1. The highest BCUT2D eigenvalue weighted by molar-refractivity contribution is 6.08. The van der Waals surface area contributed by atoms with Crippen LogP contribution in [-0.4, -0.2) is 10.9 Å². The van der Waals surface area contributed by atoms with Gasteiger partial charge in [-0.15, -0.1) is 0 Å². The first kappa shape index (κ1) is 13.1. The molecular formula is C16H12FN3O. The molecule has 0 atom stereocenters. The van der Waals surface area contributed by atoms with E-state index in [1.54, 1.807) is 24.4 Å². The Balaban J connectivity index is 1.94. The number of carbonyl (C=O) groups is 1. The topological polar surface area (TPSA) is 68.0 Å². The zero-order chi connectivity index (χ0) is 14.8.